The van der Waals surface area contributed by atoms with Crippen molar-refractivity contribution < 1.29 is 9.90 Å². The van der Waals surface area contributed by atoms with Crippen LogP contribution in [-0.4, -0.2) is 22.1 Å². The number of carbonyl (C=O) groups is 1. The zero-order valence-electron chi connectivity index (χ0n) is 8.60. The van der Waals surface area contributed by atoms with Gasteiger partial charge >= 0.3 is 5.97 Å². The van der Waals surface area contributed by atoms with Crippen LogP contribution in [0.1, 0.15) is 5.56 Å². The Morgan fingerprint density at radius 3 is 2.94 bits per heavy atom. The fourth-order valence-electron chi connectivity index (χ4n) is 1.74. The number of para-hydroxylation sites is 1. The number of rotatable bonds is 4. The van der Waals surface area contributed by atoms with E-state index in [2.05, 4.69) is 10.4 Å². The van der Waals surface area contributed by atoms with Gasteiger partial charge in [-0.2, -0.15) is 0 Å². The second-order valence-corrected chi connectivity index (χ2v) is 3.62. The molecule has 0 aliphatic carbocycles. The average Bonchev–Trinajstić information content (AvgIpc) is 2.69. The Hall–Kier alpha value is -1.85. The lowest BCUT2D eigenvalue weighted by Gasteiger charge is -2.09. The first-order valence-corrected chi connectivity index (χ1v) is 4.96. The molecule has 16 heavy (non-hydrogen) atoms. The second-order valence-electron chi connectivity index (χ2n) is 3.62. The van der Waals surface area contributed by atoms with Crippen molar-refractivity contribution in [3.05, 3.63) is 36.0 Å². The Morgan fingerprint density at radius 2 is 2.25 bits per heavy atom. The SMILES string of the molecule is [15NH2]N[C@@H](Cc1c[nH]c2ccccc12)C(=O)O. The number of hydrogen-bond donors (Lipinski definition) is 4. The predicted octanol–water partition coefficient (Wildman–Crippen LogP) is 0.627. The lowest BCUT2D eigenvalue weighted by Crippen LogP contribution is -2.42. The molecule has 2 aromatic rings. The van der Waals surface area contributed by atoms with Crippen molar-refractivity contribution in [2.45, 2.75) is 12.5 Å². The Bertz CT molecular complexity index is 507. The molecule has 0 spiro atoms. The first-order chi connectivity index (χ1) is 7.72. The number of benzene rings is 1. The number of fused-ring (bicyclic) bond motifs is 1. The summed E-state index contributed by atoms with van der Waals surface area (Å²) in [4.78, 5) is 13.9. The summed E-state index contributed by atoms with van der Waals surface area (Å²) in [5.74, 6) is 4.24. The van der Waals surface area contributed by atoms with E-state index >= 15 is 0 Å². The summed E-state index contributed by atoms with van der Waals surface area (Å²) in [6, 6.07) is 6.99. The number of nitrogens with two attached hydrogens (primary N) is 1. The summed E-state index contributed by atoms with van der Waals surface area (Å²) < 4.78 is 0. The van der Waals surface area contributed by atoms with Crippen molar-refractivity contribution >= 4 is 16.9 Å². The van der Waals surface area contributed by atoms with Crippen LogP contribution in [0.2, 0.25) is 0 Å². The van der Waals surface area contributed by atoms with Gasteiger partial charge in [-0.1, -0.05) is 18.2 Å². The van der Waals surface area contributed by atoms with Crippen LogP contribution in [0.15, 0.2) is 30.5 Å². The van der Waals surface area contributed by atoms with Gasteiger partial charge in [0.1, 0.15) is 6.04 Å². The number of hydrazine groups is 1. The molecule has 0 amide bonds. The van der Waals surface area contributed by atoms with Gasteiger partial charge in [-0.25, -0.2) is 5.43 Å². The van der Waals surface area contributed by atoms with Crippen molar-refractivity contribution in [1.82, 2.24) is 10.4 Å². The number of carboxylic acids is 1. The van der Waals surface area contributed by atoms with Gasteiger partial charge in [0, 0.05) is 23.5 Å². The molecular weight excluding hydrogens is 207 g/mol. The molecule has 84 valence electrons. The number of hydrogen-bond acceptors (Lipinski definition) is 3. The third-order valence-electron chi connectivity index (χ3n) is 2.60. The van der Waals surface area contributed by atoms with Crippen molar-refractivity contribution in [1.29, 1.82) is 0 Å². The Labute approximate surface area is 92.2 Å². The van der Waals surface area contributed by atoms with Gasteiger partial charge in [0.05, 0.1) is 0 Å². The zero-order valence-corrected chi connectivity index (χ0v) is 8.60. The topological polar surface area (TPSA) is 91.1 Å². The Kier molecular flexibility index (Phi) is 2.89. The van der Waals surface area contributed by atoms with E-state index in [1.807, 2.05) is 30.5 Å². The van der Waals surface area contributed by atoms with Crippen LogP contribution >= 0.6 is 0 Å². The lowest BCUT2D eigenvalue weighted by atomic mass is 10.1. The number of aromatic nitrogens is 1. The van der Waals surface area contributed by atoms with Crippen LogP contribution in [0, 0.1) is 0 Å². The molecular formula is C11H13N3O2. The highest BCUT2D eigenvalue weighted by atomic mass is 16.4. The van der Waals surface area contributed by atoms with E-state index in [0.717, 1.165) is 16.5 Å². The first-order valence-electron chi connectivity index (χ1n) is 4.96. The average molecular weight is 220 g/mol. The maximum absolute atomic E-state index is 10.8. The molecule has 5 heteroatoms. The van der Waals surface area contributed by atoms with E-state index in [1.165, 1.54) is 0 Å². The van der Waals surface area contributed by atoms with Crippen molar-refractivity contribution in [3.8, 4) is 0 Å². The van der Waals surface area contributed by atoms with E-state index in [9.17, 15) is 4.79 Å². The predicted molar refractivity (Wildman–Crippen MR) is 60.7 cm³/mol. The highest BCUT2D eigenvalue weighted by Gasteiger charge is 2.17. The monoisotopic (exact) mass is 220 g/mol. The first kappa shape index (κ1) is 10.7. The molecule has 1 heterocycles. The second kappa shape index (κ2) is 4.34. The van der Waals surface area contributed by atoms with E-state index in [4.69, 9.17) is 10.9 Å². The van der Waals surface area contributed by atoms with Crippen LogP contribution in [0.5, 0.6) is 0 Å². The molecule has 5 nitrogen and oxygen atoms in total. The standard InChI is InChI=1S/C11H13N3O2/c12-14-10(11(15)16)5-7-6-13-9-4-2-1-3-8(7)9/h1-4,6,10,13-14H,5,12H2,(H,15,16)/t10-/m0/s1/i12+1. The summed E-state index contributed by atoms with van der Waals surface area (Å²) in [7, 11) is 0. The minimum atomic E-state index is -0.951. The molecule has 0 unspecified atom stereocenters. The smallest absolute Gasteiger partial charge is 0.322 e. The van der Waals surface area contributed by atoms with Gasteiger partial charge in [-0.3, -0.25) is 10.6 Å². The fourth-order valence-corrected chi connectivity index (χ4v) is 1.74. The van der Waals surface area contributed by atoms with Crippen LogP contribution in [0.4, 0.5) is 0 Å². The Balaban J connectivity index is 2.30. The third-order valence-corrected chi connectivity index (χ3v) is 2.60. The van der Waals surface area contributed by atoms with Gasteiger partial charge in [-0.05, 0) is 11.6 Å². The van der Waals surface area contributed by atoms with Gasteiger partial charge < -0.3 is 10.1 Å². The maximum Gasteiger partial charge on any atom is 0.322 e. The Morgan fingerprint density at radius 1 is 1.50 bits per heavy atom. The molecule has 0 aliphatic heterocycles. The minimum absolute atomic E-state index is 0.357. The van der Waals surface area contributed by atoms with Crippen LogP contribution in [0.3, 0.4) is 0 Å². The largest absolute Gasteiger partial charge is 0.480 e. The molecule has 2 rings (SSSR count). The summed E-state index contributed by atoms with van der Waals surface area (Å²) >= 11 is 0. The zero-order chi connectivity index (χ0) is 11.5. The van der Waals surface area contributed by atoms with Crippen LogP contribution in [0.25, 0.3) is 10.9 Å². The molecule has 0 radical (unpaired) electrons. The molecule has 5 N–H and O–H groups in total. The molecule has 1 aromatic carbocycles. The molecule has 0 fully saturated rings. The molecule has 0 bridgehead atoms. The minimum Gasteiger partial charge on any atom is -0.480 e. The van der Waals surface area contributed by atoms with Crippen molar-refractivity contribution in [2.75, 3.05) is 0 Å². The maximum atomic E-state index is 10.8. The van der Waals surface area contributed by atoms with Crippen LogP contribution < -0.4 is 11.3 Å². The summed E-state index contributed by atoms with van der Waals surface area (Å²) in [6.07, 6.45) is 2.17. The fraction of sp³-hybridized carbons (Fsp3) is 0.182. The van der Waals surface area contributed by atoms with E-state index in [1.54, 1.807) is 0 Å². The van der Waals surface area contributed by atoms with Crippen molar-refractivity contribution in [3.63, 3.8) is 0 Å². The normalized spacial score (nSPS) is 12.8. The molecule has 1 aromatic heterocycles. The molecule has 0 saturated heterocycles. The number of H-pyrrole nitrogens is 1. The number of carboxylic acid groups (broad SMARTS) is 1. The van der Waals surface area contributed by atoms with Gasteiger partial charge in [-0.15, -0.1) is 0 Å². The van der Waals surface area contributed by atoms with Gasteiger partial charge in [0.2, 0.25) is 0 Å². The highest BCUT2D eigenvalue weighted by molar-refractivity contribution is 5.84. The lowest BCUT2D eigenvalue weighted by molar-refractivity contribution is -0.139. The molecule has 0 saturated carbocycles. The number of aliphatic carboxylic acids is 1. The highest BCUT2D eigenvalue weighted by Crippen LogP contribution is 2.18. The van der Waals surface area contributed by atoms with Gasteiger partial charge in [0.25, 0.3) is 0 Å². The summed E-state index contributed by atoms with van der Waals surface area (Å²) in [6.45, 7) is 0. The van der Waals surface area contributed by atoms with Crippen molar-refractivity contribution in [2.24, 2.45) is 5.84 Å². The van der Waals surface area contributed by atoms with Crippen LogP contribution in [-0.2, 0) is 11.2 Å². The number of aromatic amines is 1. The van der Waals surface area contributed by atoms with Gasteiger partial charge in [0.15, 0.2) is 0 Å². The van der Waals surface area contributed by atoms with E-state index < -0.39 is 12.0 Å². The molecule has 1 atom stereocenters. The quantitative estimate of drug-likeness (QED) is 0.345. The third kappa shape index (κ3) is 1.91. The summed E-state index contributed by atoms with van der Waals surface area (Å²) in [5, 5.41) is 9.92. The molecule has 0 aliphatic rings. The summed E-state index contributed by atoms with van der Waals surface area (Å²) in [5.41, 5.74) is 4.24. The number of nitrogens with one attached hydrogen (secondary N) is 2. The van der Waals surface area contributed by atoms with E-state index in [0.29, 0.717) is 6.42 Å². The van der Waals surface area contributed by atoms with E-state index in [-0.39, 0.29) is 0 Å².